The normalized spacial score (nSPS) is 14.2. The van der Waals surface area contributed by atoms with E-state index in [9.17, 15) is 0 Å². The lowest BCUT2D eigenvalue weighted by molar-refractivity contribution is 0.317. The first-order valence-corrected chi connectivity index (χ1v) is 9.12. The van der Waals surface area contributed by atoms with E-state index in [0.29, 0.717) is 0 Å². The Balaban J connectivity index is 2.03. The molecule has 0 aromatic carbocycles. The smallest absolute Gasteiger partial charge is 0.180 e. The van der Waals surface area contributed by atoms with Gasteiger partial charge in [-0.2, -0.15) is 0 Å². The topological polar surface area (TPSA) is 26.0 Å². The molecule has 122 valence electrons. The van der Waals surface area contributed by atoms with Crippen LogP contribution in [0.2, 0.25) is 0 Å². The molecule has 0 saturated carbocycles. The largest absolute Gasteiger partial charge is 0.448 e. The highest BCUT2D eigenvalue weighted by atomic mass is 16.3. The first-order valence-electron chi connectivity index (χ1n) is 9.12. The molecule has 0 bridgehead atoms. The summed E-state index contributed by atoms with van der Waals surface area (Å²) in [4.78, 5) is 4.07. The Bertz CT molecular complexity index is 333. The molecule has 1 heterocycles. The van der Waals surface area contributed by atoms with Gasteiger partial charge in [-0.05, 0) is 12.8 Å². The minimum absolute atomic E-state index is 0.177. The number of aromatic nitrogens is 1. The number of hydrogen-bond donors (Lipinski definition) is 0. The minimum atomic E-state index is 0.177. The van der Waals surface area contributed by atoms with Crippen molar-refractivity contribution in [3.05, 3.63) is 18.4 Å². The van der Waals surface area contributed by atoms with Crippen molar-refractivity contribution < 1.29 is 4.42 Å². The monoisotopic (exact) mass is 293 g/mol. The van der Waals surface area contributed by atoms with Gasteiger partial charge in [-0.1, -0.05) is 85.0 Å². The molecule has 1 aromatic heterocycles. The third kappa shape index (κ3) is 7.15. The summed E-state index contributed by atoms with van der Waals surface area (Å²) in [6.45, 7) is 6.84. The second-order valence-corrected chi connectivity index (χ2v) is 6.71. The predicted molar refractivity (Wildman–Crippen MR) is 90.6 cm³/mol. The van der Waals surface area contributed by atoms with E-state index in [-0.39, 0.29) is 5.41 Å². The molecule has 1 aromatic rings. The van der Waals surface area contributed by atoms with Crippen LogP contribution in [0.25, 0.3) is 0 Å². The van der Waals surface area contributed by atoms with Crippen LogP contribution in [-0.4, -0.2) is 4.98 Å². The van der Waals surface area contributed by atoms with Crippen LogP contribution in [0.15, 0.2) is 17.0 Å². The lowest BCUT2D eigenvalue weighted by Crippen LogP contribution is -2.19. The van der Waals surface area contributed by atoms with Crippen molar-refractivity contribution >= 4 is 0 Å². The van der Waals surface area contributed by atoms with Crippen molar-refractivity contribution in [1.82, 2.24) is 4.98 Å². The van der Waals surface area contributed by atoms with Gasteiger partial charge >= 0.3 is 0 Å². The average molecular weight is 293 g/mol. The molecule has 2 nitrogen and oxygen atoms in total. The predicted octanol–water partition coefficient (Wildman–Crippen LogP) is 6.65. The molecule has 21 heavy (non-hydrogen) atoms. The molecular formula is C19H35NO. The van der Waals surface area contributed by atoms with Crippen molar-refractivity contribution in [2.24, 2.45) is 0 Å². The van der Waals surface area contributed by atoms with Gasteiger partial charge in [-0.15, -0.1) is 0 Å². The molecule has 0 radical (unpaired) electrons. The van der Waals surface area contributed by atoms with Crippen LogP contribution in [0, 0.1) is 0 Å². The Morgan fingerprint density at radius 2 is 1.48 bits per heavy atom. The maximum absolute atomic E-state index is 5.52. The van der Waals surface area contributed by atoms with Crippen molar-refractivity contribution in [3.63, 3.8) is 0 Å². The molecule has 0 saturated heterocycles. The molecular weight excluding hydrogens is 258 g/mol. The number of nitrogens with zero attached hydrogens (tertiary/aromatic N) is 1. The lowest BCUT2D eigenvalue weighted by atomic mass is 9.80. The van der Waals surface area contributed by atoms with Gasteiger partial charge in [0.2, 0.25) is 0 Å². The molecule has 0 aliphatic heterocycles. The zero-order valence-electron chi connectivity index (χ0n) is 14.5. The summed E-state index contributed by atoms with van der Waals surface area (Å²) in [6, 6.07) is 0. The highest BCUT2D eigenvalue weighted by Gasteiger charge is 2.27. The van der Waals surface area contributed by atoms with Crippen molar-refractivity contribution in [1.29, 1.82) is 0 Å². The average Bonchev–Trinajstić information content (AvgIpc) is 3.04. The molecule has 1 unspecified atom stereocenters. The highest BCUT2D eigenvalue weighted by molar-refractivity contribution is 5.07. The first kappa shape index (κ1) is 18.3. The number of oxazole rings is 1. The fourth-order valence-electron chi connectivity index (χ4n) is 2.99. The molecule has 1 atom stereocenters. The highest BCUT2D eigenvalue weighted by Crippen LogP contribution is 2.33. The van der Waals surface area contributed by atoms with Gasteiger partial charge in [-0.25, -0.2) is 4.98 Å². The zero-order valence-corrected chi connectivity index (χ0v) is 14.5. The number of hydrogen-bond acceptors (Lipinski definition) is 2. The third-order valence-corrected chi connectivity index (χ3v) is 4.89. The maximum Gasteiger partial charge on any atom is 0.180 e. The van der Waals surface area contributed by atoms with Crippen molar-refractivity contribution in [3.8, 4) is 0 Å². The molecule has 0 N–H and O–H groups in total. The fraction of sp³-hybridized carbons (Fsp3) is 0.842. The fourth-order valence-corrected chi connectivity index (χ4v) is 2.99. The van der Waals surface area contributed by atoms with Gasteiger partial charge in [0.25, 0.3) is 0 Å². The Morgan fingerprint density at radius 1 is 0.905 bits per heavy atom. The Hall–Kier alpha value is -0.790. The SMILES string of the molecule is CCCCCCCCCCCCC(C)(CC)c1cnco1. The standard InChI is InChI=1S/C19H35NO/c1-4-6-7-8-9-10-11-12-13-14-15-19(3,5-2)18-16-20-17-21-18/h16-17H,4-15H2,1-3H3. The van der Waals surface area contributed by atoms with E-state index in [1.54, 1.807) is 6.39 Å². The minimum Gasteiger partial charge on any atom is -0.448 e. The van der Waals surface area contributed by atoms with E-state index in [4.69, 9.17) is 4.42 Å². The second kappa shape index (κ2) is 10.9. The Labute approximate surface area is 131 Å². The molecule has 0 spiro atoms. The lowest BCUT2D eigenvalue weighted by Gasteiger charge is -2.25. The Kier molecular flexibility index (Phi) is 9.45. The van der Waals surface area contributed by atoms with Crippen LogP contribution in [0.4, 0.5) is 0 Å². The first-order chi connectivity index (χ1) is 10.2. The summed E-state index contributed by atoms with van der Waals surface area (Å²) in [5.41, 5.74) is 0.177. The second-order valence-electron chi connectivity index (χ2n) is 6.71. The summed E-state index contributed by atoms with van der Waals surface area (Å²) in [5.74, 6) is 1.06. The molecule has 1 rings (SSSR count). The summed E-state index contributed by atoms with van der Waals surface area (Å²) >= 11 is 0. The molecule has 0 fully saturated rings. The van der Waals surface area contributed by atoms with E-state index in [2.05, 4.69) is 25.8 Å². The summed E-state index contributed by atoms with van der Waals surface area (Å²) in [5, 5.41) is 0. The third-order valence-electron chi connectivity index (χ3n) is 4.89. The van der Waals surface area contributed by atoms with E-state index < -0.39 is 0 Å². The zero-order chi connectivity index (χ0) is 15.4. The van der Waals surface area contributed by atoms with Crippen LogP contribution in [0.5, 0.6) is 0 Å². The van der Waals surface area contributed by atoms with Crippen LogP contribution >= 0.6 is 0 Å². The Morgan fingerprint density at radius 3 is 1.95 bits per heavy atom. The molecule has 0 aliphatic rings. The van der Waals surface area contributed by atoms with Gasteiger partial charge in [0, 0.05) is 5.41 Å². The number of rotatable bonds is 13. The summed E-state index contributed by atoms with van der Waals surface area (Å²) in [6.07, 6.45) is 19.8. The van der Waals surface area contributed by atoms with Crippen molar-refractivity contribution in [2.75, 3.05) is 0 Å². The van der Waals surface area contributed by atoms with Gasteiger partial charge in [0.15, 0.2) is 6.39 Å². The van der Waals surface area contributed by atoms with Gasteiger partial charge < -0.3 is 4.42 Å². The van der Waals surface area contributed by atoms with Crippen LogP contribution < -0.4 is 0 Å². The van der Waals surface area contributed by atoms with Crippen LogP contribution in [0.3, 0.4) is 0 Å². The van der Waals surface area contributed by atoms with E-state index >= 15 is 0 Å². The molecule has 2 heteroatoms. The number of unbranched alkanes of at least 4 members (excludes halogenated alkanes) is 9. The van der Waals surface area contributed by atoms with Gasteiger partial charge in [-0.3, -0.25) is 0 Å². The quantitative estimate of drug-likeness (QED) is 0.380. The maximum atomic E-state index is 5.52. The molecule has 0 aliphatic carbocycles. The van der Waals surface area contributed by atoms with E-state index in [0.717, 1.165) is 12.2 Å². The summed E-state index contributed by atoms with van der Waals surface area (Å²) < 4.78 is 5.52. The van der Waals surface area contributed by atoms with E-state index in [1.165, 1.54) is 70.6 Å². The molecule has 0 amide bonds. The van der Waals surface area contributed by atoms with Crippen LogP contribution in [0.1, 0.15) is 104 Å². The van der Waals surface area contributed by atoms with E-state index in [1.807, 2.05) is 6.20 Å². The van der Waals surface area contributed by atoms with Crippen molar-refractivity contribution in [2.45, 2.75) is 103 Å². The van der Waals surface area contributed by atoms with Gasteiger partial charge in [0.1, 0.15) is 5.76 Å². The summed E-state index contributed by atoms with van der Waals surface area (Å²) in [7, 11) is 0. The van der Waals surface area contributed by atoms with Gasteiger partial charge in [0.05, 0.1) is 6.20 Å². The van der Waals surface area contributed by atoms with Crippen LogP contribution in [-0.2, 0) is 5.41 Å².